The van der Waals surface area contributed by atoms with E-state index in [-0.39, 0.29) is 11.3 Å². The van der Waals surface area contributed by atoms with Crippen molar-refractivity contribution in [2.45, 2.75) is 19.4 Å². The van der Waals surface area contributed by atoms with Crippen LogP contribution in [0.3, 0.4) is 0 Å². The Kier molecular flexibility index (Phi) is 6.41. The number of ketones is 1. The van der Waals surface area contributed by atoms with Gasteiger partial charge in [0.2, 0.25) is 0 Å². The molecule has 1 amide bonds. The number of hydrogen-bond donors (Lipinski definition) is 1. The number of esters is 1. The Morgan fingerprint density at radius 2 is 1.79 bits per heavy atom. The molecule has 9 heteroatoms. The molecule has 0 bridgehead atoms. The molecule has 1 heterocycles. The van der Waals surface area contributed by atoms with Crippen LogP contribution in [-0.4, -0.2) is 50.5 Å². The summed E-state index contributed by atoms with van der Waals surface area (Å²) < 4.78 is 6.48. The molecule has 1 aromatic heterocycles. The molecule has 0 spiro atoms. The van der Waals surface area contributed by atoms with Gasteiger partial charge in [0.05, 0.1) is 17.3 Å². The van der Waals surface area contributed by atoms with Crippen molar-refractivity contribution in [3.05, 3.63) is 72.1 Å². The van der Waals surface area contributed by atoms with Crippen LogP contribution in [-0.2, 0) is 20.7 Å². The Morgan fingerprint density at radius 1 is 1.07 bits per heavy atom. The van der Waals surface area contributed by atoms with Gasteiger partial charge in [-0.25, -0.2) is 9.48 Å². The molecule has 0 fully saturated rings. The maximum atomic E-state index is 12.1. The van der Waals surface area contributed by atoms with E-state index >= 15 is 0 Å². The average Bonchev–Trinajstić information content (AvgIpc) is 3.27. The minimum Gasteiger partial charge on any atom is -0.452 e. The van der Waals surface area contributed by atoms with E-state index in [4.69, 9.17) is 4.74 Å². The summed E-state index contributed by atoms with van der Waals surface area (Å²) in [7, 11) is 0. The number of benzene rings is 2. The highest BCUT2D eigenvalue weighted by Crippen LogP contribution is 2.09. The average molecular weight is 393 g/mol. The molecule has 3 aromatic rings. The highest BCUT2D eigenvalue weighted by atomic mass is 16.5. The van der Waals surface area contributed by atoms with Crippen LogP contribution in [0, 0.1) is 0 Å². The topological polar surface area (TPSA) is 116 Å². The summed E-state index contributed by atoms with van der Waals surface area (Å²) >= 11 is 0. The van der Waals surface area contributed by atoms with Crippen molar-refractivity contribution in [2.75, 3.05) is 6.61 Å². The Hall–Kier alpha value is -3.88. The van der Waals surface area contributed by atoms with Gasteiger partial charge in [-0.15, -0.1) is 5.10 Å². The maximum absolute atomic E-state index is 12.1. The van der Waals surface area contributed by atoms with Crippen LogP contribution in [0.1, 0.15) is 22.8 Å². The van der Waals surface area contributed by atoms with Crippen molar-refractivity contribution in [3.8, 4) is 5.69 Å². The summed E-state index contributed by atoms with van der Waals surface area (Å²) in [6.07, 6.45) is 1.80. The standard InChI is InChI=1S/C20H19N5O4/c1-14(26)18(11-15-5-3-2-4-6-15)22-19(27)12-29-20(28)16-7-9-17(10-8-16)25-13-21-23-24-25/h2-10,13,18H,11-12H2,1H3,(H,22,27). The van der Waals surface area contributed by atoms with Crippen molar-refractivity contribution >= 4 is 17.7 Å². The van der Waals surface area contributed by atoms with Gasteiger partial charge in [0, 0.05) is 0 Å². The number of carbonyl (C=O) groups is 3. The molecule has 0 aliphatic carbocycles. The first-order valence-corrected chi connectivity index (χ1v) is 8.87. The number of amides is 1. The lowest BCUT2D eigenvalue weighted by atomic mass is 10.0. The zero-order valence-corrected chi connectivity index (χ0v) is 15.7. The van der Waals surface area contributed by atoms with E-state index in [2.05, 4.69) is 20.8 Å². The summed E-state index contributed by atoms with van der Waals surface area (Å²) in [5.41, 5.74) is 1.88. The SMILES string of the molecule is CC(=O)C(Cc1ccccc1)NC(=O)COC(=O)c1ccc(-n2cnnn2)cc1. The zero-order valence-electron chi connectivity index (χ0n) is 15.7. The Balaban J connectivity index is 1.52. The number of ether oxygens (including phenoxy) is 1. The van der Waals surface area contributed by atoms with Crippen LogP contribution >= 0.6 is 0 Å². The fraction of sp³-hybridized carbons (Fsp3) is 0.200. The molecule has 9 nitrogen and oxygen atoms in total. The second kappa shape index (κ2) is 9.36. The van der Waals surface area contributed by atoms with Crippen molar-refractivity contribution < 1.29 is 19.1 Å². The predicted octanol–water partition coefficient (Wildman–Crippen LogP) is 1.14. The lowest BCUT2D eigenvalue weighted by Gasteiger charge is -2.16. The molecule has 0 saturated heterocycles. The molecule has 0 radical (unpaired) electrons. The van der Waals surface area contributed by atoms with Gasteiger partial charge in [-0.2, -0.15) is 0 Å². The minimum atomic E-state index is -0.681. The molecule has 0 aliphatic rings. The number of aromatic nitrogens is 4. The number of rotatable bonds is 8. The smallest absolute Gasteiger partial charge is 0.338 e. The quantitative estimate of drug-likeness (QED) is 0.570. The molecule has 0 saturated carbocycles. The molecule has 3 rings (SSSR count). The van der Waals surface area contributed by atoms with E-state index in [1.165, 1.54) is 17.9 Å². The number of hydrogen-bond acceptors (Lipinski definition) is 7. The van der Waals surface area contributed by atoms with Gasteiger partial charge < -0.3 is 10.1 Å². The fourth-order valence-corrected chi connectivity index (χ4v) is 2.63. The summed E-state index contributed by atoms with van der Waals surface area (Å²) in [6.45, 7) is 0.929. The lowest BCUT2D eigenvalue weighted by molar-refractivity contribution is -0.128. The third-order valence-electron chi connectivity index (χ3n) is 4.16. The summed E-state index contributed by atoms with van der Waals surface area (Å²) in [5.74, 6) is -1.36. The van der Waals surface area contributed by atoms with Gasteiger partial charge in [0.25, 0.3) is 5.91 Å². The van der Waals surface area contributed by atoms with Crippen LogP contribution < -0.4 is 5.32 Å². The molecule has 29 heavy (non-hydrogen) atoms. The monoisotopic (exact) mass is 393 g/mol. The van der Waals surface area contributed by atoms with E-state index in [0.29, 0.717) is 12.1 Å². The van der Waals surface area contributed by atoms with Crippen LogP contribution in [0.2, 0.25) is 0 Å². The summed E-state index contributed by atoms with van der Waals surface area (Å²) in [5, 5.41) is 13.4. The predicted molar refractivity (Wildman–Crippen MR) is 102 cm³/mol. The van der Waals surface area contributed by atoms with Crippen LogP contribution in [0.15, 0.2) is 60.9 Å². The van der Waals surface area contributed by atoms with Crippen LogP contribution in [0.5, 0.6) is 0 Å². The molecular formula is C20H19N5O4. The molecule has 148 valence electrons. The molecule has 1 atom stereocenters. The number of Topliss-reactive ketones (excluding diaryl/α,β-unsaturated/α-hetero) is 1. The number of nitrogens with one attached hydrogen (secondary N) is 1. The molecule has 1 N–H and O–H groups in total. The highest BCUT2D eigenvalue weighted by molar-refractivity contribution is 5.92. The zero-order chi connectivity index (χ0) is 20.6. The van der Waals surface area contributed by atoms with E-state index in [9.17, 15) is 14.4 Å². The van der Waals surface area contributed by atoms with Crippen molar-refractivity contribution in [2.24, 2.45) is 0 Å². The van der Waals surface area contributed by atoms with Gasteiger partial charge >= 0.3 is 5.97 Å². The molecular weight excluding hydrogens is 374 g/mol. The van der Waals surface area contributed by atoms with E-state index in [1.807, 2.05) is 30.3 Å². The van der Waals surface area contributed by atoms with E-state index in [1.54, 1.807) is 24.3 Å². The van der Waals surface area contributed by atoms with Gasteiger partial charge in [-0.3, -0.25) is 9.59 Å². The maximum Gasteiger partial charge on any atom is 0.338 e. The summed E-state index contributed by atoms with van der Waals surface area (Å²) in [6, 6.07) is 15.1. The Bertz CT molecular complexity index is 972. The molecule has 0 aliphatic heterocycles. The van der Waals surface area contributed by atoms with Gasteiger partial charge in [0.15, 0.2) is 12.4 Å². The first-order valence-electron chi connectivity index (χ1n) is 8.87. The Morgan fingerprint density at radius 3 is 2.41 bits per heavy atom. The number of nitrogens with zero attached hydrogens (tertiary/aromatic N) is 4. The van der Waals surface area contributed by atoms with Gasteiger partial charge in [-0.05, 0) is 53.6 Å². The fourth-order valence-electron chi connectivity index (χ4n) is 2.63. The molecule has 1 unspecified atom stereocenters. The first-order chi connectivity index (χ1) is 14.0. The first kappa shape index (κ1) is 19.9. The second-order valence-corrected chi connectivity index (χ2v) is 6.30. The van der Waals surface area contributed by atoms with Crippen molar-refractivity contribution in [1.29, 1.82) is 0 Å². The molecule has 2 aromatic carbocycles. The largest absolute Gasteiger partial charge is 0.452 e. The van der Waals surface area contributed by atoms with Crippen LogP contribution in [0.4, 0.5) is 0 Å². The second-order valence-electron chi connectivity index (χ2n) is 6.30. The normalized spacial score (nSPS) is 11.5. The third kappa shape index (κ3) is 5.55. The number of tetrazole rings is 1. The van der Waals surface area contributed by atoms with Crippen LogP contribution in [0.25, 0.3) is 5.69 Å². The van der Waals surface area contributed by atoms with E-state index in [0.717, 1.165) is 5.56 Å². The third-order valence-corrected chi connectivity index (χ3v) is 4.16. The van der Waals surface area contributed by atoms with E-state index < -0.39 is 24.5 Å². The Labute approximate surface area is 166 Å². The minimum absolute atomic E-state index is 0.174. The lowest BCUT2D eigenvalue weighted by Crippen LogP contribution is -2.43. The highest BCUT2D eigenvalue weighted by Gasteiger charge is 2.19. The van der Waals surface area contributed by atoms with Crippen molar-refractivity contribution in [3.63, 3.8) is 0 Å². The van der Waals surface area contributed by atoms with Gasteiger partial charge in [0.1, 0.15) is 6.33 Å². The summed E-state index contributed by atoms with van der Waals surface area (Å²) in [4.78, 5) is 36.1. The van der Waals surface area contributed by atoms with Crippen molar-refractivity contribution in [1.82, 2.24) is 25.5 Å². The van der Waals surface area contributed by atoms with Gasteiger partial charge in [-0.1, -0.05) is 30.3 Å². The number of carbonyl (C=O) groups excluding carboxylic acids is 3.